The average molecular weight is 214 g/mol. The Labute approximate surface area is 55.4 Å². The third-order valence-electron chi connectivity index (χ3n) is 0.231. The van der Waals surface area contributed by atoms with Crippen LogP contribution in [0.25, 0.3) is 0 Å². The first-order valence-electron chi connectivity index (χ1n) is 1.23. The van der Waals surface area contributed by atoms with Gasteiger partial charge in [0, 0.05) is 0 Å². The molecule has 0 amide bonds. The van der Waals surface area contributed by atoms with Crippen LogP contribution < -0.4 is 5.11 Å². The van der Waals surface area contributed by atoms with Crippen LogP contribution in [0.1, 0.15) is 0 Å². The summed E-state index contributed by atoms with van der Waals surface area (Å²) in [5, 5.41) is 8.78. The number of hydrogen-bond donors (Lipinski definition) is 0. The van der Waals surface area contributed by atoms with Crippen molar-refractivity contribution >= 4 is 5.97 Å². The molecule has 47 valence electrons. The van der Waals surface area contributed by atoms with Crippen molar-refractivity contribution in [2.24, 2.45) is 0 Å². The van der Waals surface area contributed by atoms with Crippen molar-refractivity contribution in [3.8, 4) is 0 Å². The molecule has 8 heavy (non-hydrogen) atoms. The van der Waals surface area contributed by atoms with E-state index in [2.05, 4.69) is 0 Å². The molecule has 0 spiro atoms. The van der Waals surface area contributed by atoms with E-state index in [-0.39, 0.29) is 19.5 Å². The first kappa shape index (κ1) is 10.8. The number of carboxylic acid groups (broad SMARTS) is 1. The fourth-order valence-electron chi connectivity index (χ4n) is 0. The summed E-state index contributed by atoms with van der Waals surface area (Å²) in [5.41, 5.74) is 0. The smallest absolute Gasteiger partial charge is 0.542 e. The average Bonchev–Trinajstić information content (AvgIpc) is 1.31. The SMILES string of the molecule is O=C([O-])C(F)(F)F.[Ru+3]. The number of hydrogen-bond acceptors (Lipinski definition) is 2. The van der Waals surface area contributed by atoms with E-state index in [1.807, 2.05) is 0 Å². The van der Waals surface area contributed by atoms with Gasteiger partial charge in [-0.15, -0.1) is 0 Å². The minimum Gasteiger partial charge on any atom is -0.542 e. The normalized spacial score (nSPS) is 9.88. The molecule has 0 unspecified atom stereocenters. The molecule has 0 rings (SSSR count). The van der Waals surface area contributed by atoms with Crippen LogP contribution in [0.15, 0.2) is 0 Å². The van der Waals surface area contributed by atoms with Gasteiger partial charge in [0.05, 0.1) is 0 Å². The summed E-state index contributed by atoms with van der Waals surface area (Å²) in [6, 6.07) is 0. The van der Waals surface area contributed by atoms with Gasteiger partial charge in [0.25, 0.3) is 0 Å². The van der Waals surface area contributed by atoms with E-state index in [1.54, 1.807) is 0 Å². The Balaban J connectivity index is 0. The van der Waals surface area contributed by atoms with Crippen LogP contribution in [0.2, 0.25) is 0 Å². The number of carbonyl (C=O) groups excluding carboxylic acids is 1. The Morgan fingerprint density at radius 1 is 1.38 bits per heavy atom. The summed E-state index contributed by atoms with van der Waals surface area (Å²) in [5.74, 6) is -3.01. The van der Waals surface area contributed by atoms with Crippen molar-refractivity contribution in [2.45, 2.75) is 6.18 Å². The molecule has 0 N–H and O–H groups in total. The minimum absolute atomic E-state index is 0. The van der Waals surface area contributed by atoms with Crippen molar-refractivity contribution in [3.05, 3.63) is 0 Å². The summed E-state index contributed by atoms with van der Waals surface area (Å²) in [6.45, 7) is 0. The first-order chi connectivity index (χ1) is 2.94. The van der Waals surface area contributed by atoms with Gasteiger partial charge in [0.15, 0.2) is 0 Å². The second-order valence-electron chi connectivity index (χ2n) is 0.785. The number of alkyl halides is 3. The van der Waals surface area contributed by atoms with Crippen LogP contribution in [-0.2, 0) is 24.3 Å². The largest absolute Gasteiger partial charge is 3.00 e. The molecule has 0 saturated heterocycles. The quantitative estimate of drug-likeness (QED) is 0.500. The zero-order chi connectivity index (χ0) is 6.08. The summed E-state index contributed by atoms with van der Waals surface area (Å²) in [4.78, 5) is 8.78. The zero-order valence-electron chi connectivity index (χ0n) is 3.30. The van der Waals surface area contributed by atoms with Crippen LogP contribution >= 0.6 is 0 Å². The van der Waals surface area contributed by atoms with E-state index < -0.39 is 12.1 Å². The van der Waals surface area contributed by atoms with Gasteiger partial charge in [-0.25, -0.2) is 0 Å². The molecule has 0 heterocycles. The van der Waals surface area contributed by atoms with Crippen LogP contribution in [0.4, 0.5) is 13.2 Å². The van der Waals surface area contributed by atoms with Crippen LogP contribution in [-0.4, -0.2) is 12.1 Å². The number of carboxylic acids is 1. The molecule has 0 aromatic carbocycles. The topological polar surface area (TPSA) is 40.1 Å². The molecule has 0 aromatic rings. The third-order valence-corrected chi connectivity index (χ3v) is 0.231. The zero-order valence-corrected chi connectivity index (χ0v) is 5.04. The molecule has 0 aliphatic carbocycles. The van der Waals surface area contributed by atoms with Gasteiger partial charge in [-0.2, -0.15) is 13.2 Å². The van der Waals surface area contributed by atoms with Gasteiger partial charge in [-0.05, 0) is 0 Å². The molecule has 2 nitrogen and oxygen atoms in total. The molecule has 0 aromatic heterocycles. The Morgan fingerprint density at radius 3 is 1.50 bits per heavy atom. The summed E-state index contributed by atoms with van der Waals surface area (Å²) in [7, 11) is 0. The van der Waals surface area contributed by atoms with Crippen molar-refractivity contribution in [1.82, 2.24) is 0 Å². The van der Waals surface area contributed by atoms with E-state index in [1.165, 1.54) is 0 Å². The van der Waals surface area contributed by atoms with Crippen molar-refractivity contribution in [2.75, 3.05) is 0 Å². The predicted molar refractivity (Wildman–Crippen MR) is 11.1 cm³/mol. The Kier molecular flexibility index (Phi) is 4.07. The predicted octanol–water partition coefficient (Wildman–Crippen LogP) is -0.704. The molecule has 1 radical (unpaired) electrons. The van der Waals surface area contributed by atoms with E-state index in [9.17, 15) is 13.2 Å². The van der Waals surface area contributed by atoms with E-state index in [0.29, 0.717) is 0 Å². The third kappa shape index (κ3) is 4.05. The number of halogens is 3. The van der Waals surface area contributed by atoms with Crippen molar-refractivity contribution in [1.29, 1.82) is 0 Å². The van der Waals surface area contributed by atoms with Gasteiger partial charge in [-0.3, -0.25) is 0 Å². The fourth-order valence-corrected chi connectivity index (χ4v) is 0. The number of carbonyl (C=O) groups is 1. The maximum absolute atomic E-state index is 10.5. The molecule has 0 bridgehead atoms. The molecule has 6 heteroatoms. The molecule has 0 atom stereocenters. The molecule has 0 saturated carbocycles. The maximum Gasteiger partial charge on any atom is 3.00 e. The molecular formula is C2F3O2Ru+2. The van der Waals surface area contributed by atoms with Gasteiger partial charge in [0.2, 0.25) is 0 Å². The summed E-state index contributed by atoms with van der Waals surface area (Å²) < 4.78 is 31.5. The van der Waals surface area contributed by atoms with Crippen molar-refractivity contribution in [3.63, 3.8) is 0 Å². The van der Waals surface area contributed by atoms with Gasteiger partial charge < -0.3 is 9.90 Å². The number of rotatable bonds is 0. The molecule has 0 fully saturated rings. The van der Waals surface area contributed by atoms with E-state index in [4.69, 9.17) is 9.90 Å². The summed E-state index contributed by atoms with van der Waals surface area (Å²) >= 11 is 0. The second kappa shape index (κ2) is 3.02. The Hall–Kier alpha value is -0.117. The molecular weight excluding hydrogens is 214 g/mol. The summed E-state index contributed by atoms with van der Waals surface area (Å²) in [6.07, 6.45) is -5.19. The fraction of sp³-hybridized carbons (Fsp3) is 0.500. The van der Waals surface area contributed by atoms with Crippen LogP contribution in [0, 0.1) is 0 Å². The standard InChI is InChI=1S/C2HF3O2.Ru/c3-2(4,5)1(6)7;/h(H,6,7);/q;+3/p-1. The van der Waals surface area contributed by atoms with Gasteiger partial charge in [0.1, 0.15) is 5.97 Å². The monoisotopic (exact) mass is 215 g/mol. The Bertz CT molecular complexity index is 87.8. The van der Waals surface area contributed by atoms with E-state index in [0.717, 1.165) is 0 Å². The van der Waals surface area contributed by atoms with Crippen LogP contribution in [0.5, 0.6) is 0 Å². The minimum atomic E-state index is -5.19. The van der Waals surface area contributed by atoms with Gasteiger partial charge >= 0.3 is 25.7 Å². The van der Waals surface area contributed by atoms with Crippen molar-refractivity contribution < 1.29 is 42.6 Å². The molecule has 0 aliphatic rings. The first-order valence-corrected chi connectivity index (χ1v) is 1.23. The molecule has 0 aliphatic heterocycles. The van der Waals surface area contributed by atoms with Crippen LogP contribution in [0.3, 0.4) is 0 Å². The van der Waals surface area contributed by atoms with Gasteiger partial charge in [-0.1, -0.05) is 0 Å². The van der Waals surface area contributed by atoms with E-state index >= 15 is 0 Å². The second-order valence-corrected chi connectivity index (χ2v) is 0.785. The maximum atomic E-state index is 10.5. The number of aliphatic carboxylic acids is 1. The Morgan fingerprint density at radius 2 is 1.50 bits per heavy atom.